The van der Waals surface area contributed by atoms with E-state index in [1.807, 2.05) is 0 Å². The van der Waals surface area contributed by atoms with Gasteiger partial charge in [-0.15, -0.1) is 0 Å². The highest BCUT2D eigenvalue weighted by Gasteiger charge is 2.38. The van der Waals surface area contributed by atoms with Crippen molar-refractivity contribution < 1.29 is 32.3 Å². The molecule has 0 spiro atoms. The van der Waals surface area contributed by atoms with E-state index in [1.165, 1.54) is 18.2 Å². The van der Waals surface area contributed by atoms with Crippen LogP contribution in [-0.2, 0) is 14.3 Å². The van der Waals surface area contributed by atoms with Gasteiger partial charge in [0.2, 0.25) is 5.91 Å². The maximum absolute atomic E-state index is 12.2. The largest absolute Gasteiger partial charge is 0.471 e. The summed E-state index contributed by atoms with van der Waals surface area (Å²) < 4.78 is 41.6. The first-order chi connectivity index (χ1) is 11.4. The number of rotatable bonds is 4. The number of alkyl carbamates (subject to hydrolysis) is 1. The summed E-state index contributed by atoms with van der Waals surface area (Å²) in [6.45, 7) is 4.59. The Kier molecular flexibility index (Phi) is 6.37. The molecule has 7 nitrogen and oxygen atoms in total. The molecule has 0 heterocycles. The van der Waals surface area contributed by atoms with Crippen LogP contribution in [0.5, 0.6) is 0 Å². The van der Waals surface area contributed by atoms with Crippen molar-refractivity contribution in [3.63, 3.8) is 0 Å². The molecule has 138 valence electrons. The normalized spacial score (nSPS) is 11.4. The third kappa shape index (κ3) is 8.04. The van der Waals surface area contributed by atoms with Gasteiger partial charge < -0.3 is 20.7 Å². The van der Waals surface area contributed by atoms with Crippen LogP contribution in [0.1, 0.15) is 20.8 Å². The Labute approximate surface area is 141 Å². The van der Waals surface area contributed by atoms with Crippen molar-refractivity contribution in [3.05, 3.63) is 24.3 Å². The monoisotopic (exact) mass is 361 g/mol. The number of ether oxygens (including phenoxy) is 1. The molecule has 0 unspecified atom stereocenters. The molecule has 0 aliphatic rings. The molecule has 25 heavy (non-hydrogen) atoms. The lowest BCUT2D eigenvalue weighted by Gasteiger charge is -2.19. The van der Waals surface area contributed by atoms with Crippen LogP contribution >= 0.6 is 0 Å². The quantitative estimate of drug-likeness (QED) is 0.768. The lowest BCUT2D eigenvalue weighted by atomic mass is 10.2. The number of carbonyl (C=O) groups is 3. The lowest BCUT2D eigenvalue weighted by molar-refractivity contribution is -0.167. The first-order valence-corrected chi connectivity index (χ1v) is 7.12. The Morgan fingerprint density at radius 2 is 1.60 bits per heavy atom. The van der Waals surface area contributed by atoms with E-state index >= 15 is 0 Å². The number of nitrogens with one attached hydrogen (secondary N) is 3. The maximum Gasteiger partial charge on any atom is 0.471 e. The highest BCUT2D eigenvalue weighted by Crippen LogP contribution is 2.20. The third-order valence-corrected chi connectivity index (χ3v) is 2.45. The number of carbonyl (C=O) groups excluding carboxylic acids is 3. The second-order valence-electron chi connectivity index (χ2n) is 5.94. The molecular formula is C15H18F3N3O4. The van der Waals surface area contributed by atoms with Crippen molar-refractivity contribution in [2.24, 2.45) is 0 Å². The predicted octanol–water partition coefficient (Wildman–Crippen LogP) is 2.65. The van der Waals surface area contributed by atoms with Crippen LogP contribution in [0.4, 0.5) is 29.3 Å². The number of hydrogen-bond donors (Lipinski definition) is 3. The number of alkyl halides is 3. The summed E-state index contributed by atoms with van der Waals surface area (Å²) in [5.41, 5.74) is -0.706. The number of anilines is 2. The predicted molar refractivity (Wildman–Crippen MR) is 84.0 cm³/mol. The minimum atomic E-state index is -5.02. The Hall–Kier alpha value is -2.78. The van der Waals surface area contributed by atoms with Crippen LogP contribution in [0.2, 0.25) is 0 Å². The Morgan fingerprint density at radius 3 is 2.12 bits per heavy atom. The molecule has 0 bridgehead atoms. The van der Waals surface area contributed by atoms with Gasteiger partial charge in [0.1, 0.15) is 12.1 Å². The molecule has 3 amide bonds. The summed E-state index contributed by atoms with van der Waals surface area (Å²) >= 11 is 0. The summed E-state index contributed by atoms with van der Waals surface area (Å²) in [6.07, 6.45) is -5.80. The molecule has 0 aromatic heterocycles. The maximum atomic E-state index is 12.2. The minimum Gasteiger partial charge on any atom is -0.444 e. The van der Waals surface area contributed by atoms with Crippen LogP contribution < -0.4 is 16.0 Å². The van der Waals surface area contributed by atoms with Gasteiger partial charge in [-0.05, 0) is 39.0 Å². The summed E-state index contributed by atoms with van der Waals surface area (Å²) in [6, 6.07) is 5.14. The van der Waals surface area contributed by atoms with E-state index < -0.39 is 36.2 Å². The zero-order valence-electron chi connectivity index (χ0n) is 13.8. The van der Waals surface area contributed by atoms with Crippen LogP contribution in [0.15, 0.2) is 24.3 Å². The molecule has 1 aromatic carbocycles. The minimum absolute atomic E-state index is 0.139. The summed E-state index contributed by atoms with van der Waals surface area (Å²) in [4.78, 5) is 34.0. The van der Waals surface area contributed by atoms with Gasteiger partial charge in [-0.3, -0.25) is 9.59 Å². The standard InChI is InChI=1S/C15H18F3N3O4/c1-14(2,3)25-13(24)19-8-11(22)20-9-5-4-6-10(7-9)21-12(23)15(16,17)18/h4-7H,8H2,1-3H3,(H,19,24)(H,20,22)(H,21,23). The smallest absolute Gasteiger partial charge is 0.444 e. The average molecular weight is 361 g/mol. The second-order valence-corrected chi connectivity index (χ2v) is 5.94. The van der Waals surface area contributed by atoms with E-state index in [9.17, 15) is 27.6 Å². The number of amides is 3. The van der Waals surface area contributed by atoms with Crippen LogP contribution in [0.3, 0.4) is 0 Å². The fraction of sp³-hybridized carbons (Fsp3) is 0.400. The number of hydrogen-bond acceptors (Lipinski definition) is 4. The van der Waals surface area contributed by atoms with Gasteiger partial charge in [0.05, 0.1) is 0 Å². The summed E-state index contributed by atoms with van der Waals surface area (Å²) in [5.74, 6) is -2.74. The fourth-order valence-electron chi connectivity index (χ4n) is 1.55. The first-order valence-electron chi connectivity index (χ1n) is 7.12. The first kappa shape index (κ1) is 20.3. The fourth-order valence-corrected chi connectivity index (χ4v) is 1.55. The van der Waals surface area contributed by atoms with E-state index in [1.54, 1.807) is 26.1 Å². The van der Waals surface area contributed by atoms with Gasteiger partial charge in [0.15, 0.2) is 0 Å². The zero-order chi connectivity index (χ0) is 19.3. The number of benzene rings is 1. The molecule has 0 aliphatic heterocycles. The molecule has 0 fully saturated rings. The molecule has 10 heteroatoms. The van der Waals surface area contributed by atoms with E-state index in [4.69, 9.17) is 4.74 Å². The molecule has 0 aliphatic carbocycles. The van der Waals surface area contributed by atoms with Gasteiger partial charge in [0, 0.05) is 11.4 Å². The summed E-state index contributed by atoms with van der Waals surface area (Å²) in [5, 5.41) is 6.27. The van der Waals surface area contributed by atoms with Crippen molar-refractivity contribution >= 4 is 29.3 Å². The third-order valence-electron chi connectivity index (χ3n) is 2.45. The molecule has 0 saturated heterocycles. The van der Waals surface area contributed by atoms with Gasteiger partial charge >= 0.3 is 18.2 Å². The number of halogens is 3. The Morgan fingerprint density at radius 1 is 1.04 bits per heavy atom. The van der Waals surface area contributed by atoms with Gasteiger partial charge in [-0.25, -0.2) is 4.79 Å². The van der Waals surface area contributed by atoms with Crippen molar-refractivity contribution in [3.8, 4) is 0 Å². The highest BCUT2D eigenvalue weighted by molar-refractivity contribution is 5.97. The van der Waals surface area contributed by atoms with Crippen molar-refractivity contribution in [1.82, 2.24) is 5.32 Å². The van der Waals surface area contributed by atoms with E-state index in [0.717, 1.165) is 6.07 Å². The lowest BCUT2D eigenvalue weighted by Crippen LogP contribution is -2.37. The molecule has 3 N–H and O–H groups in total. The van der Waals surface area contributed by atoms with Crippen molar-refractivity contribution in [2.75, 3.05) is 17.2 Å². The Bertz CT molecular complexity index is 654. The zero-order valence-corrected chi connectivity index (χ0v) is 13.8. The van der Waals surface area contributed by atoms with E-state index in [2.05, 4.69) is 10.6 Å². The van der Waals surface area contributed by atoms with Crippen LogP contribution in [-0.4, -0.2) is 36.2 Å². The molecule has 1 aromatic rings. The molecular weight excluding hydrogens is 343 g/mol. The molecule has 0 saturated carbocycles. The van der Waals surface area contributed by atoms with E-state index in [0.29, 0.717) is 0 Å². The molecule has 1 rings (SSSR count). The topological polar surface area (TPSA) is 96.5 Å². The highest BCUT2D eigenvalue weighted by atomic mass is 19.4. The van der Waals surface area contributed by atoms with Gasteiger partial charge in [-0.1, -0.05) is 6.07 Å². The van der Waals surface area contributed by atoms with Crippen LogP contribution in [0, 0.1) is 0 Å². The Balaban J connectivity index is 2.57. The average Bonchev–Trinajstić information content (AvgIpc) is 2.42. The SMILES string of the molecule is CC(C)(C)OC(=O)NCC(=O)Nc1cccc(NC(=O)C(F)(F)F)c1. The molecule has 0 radical (unpaired) electrons. The van der Waals surface area contributed by atoms with Gasteiger partial charge in [0.25, 0.3) is 0 Å². The molecule has 0 atom stereocenters. The van der Waals surface area contributed by atoms with Gasteiger partial charge in [-0.2, -0.15) is 13.2 Å². The summed E-state index contributed by atoms with van der Waals surface area (Å²) in [7, 11) is 0. The van der Waals surface area contributed by atoms with Crippen LogP contribution in [0.25, 0.3) is 0 Å². The second kappa shape index (κ2) is 7.86. The van der Waals surface area contributed by atoms with E-state index in [-0.39, 0.29) is 11.4 Å². The van der Waals surface area contributed by atoms with Crippen molar-refractivity contribution in [2.45, 2.75) is 32.5 Å². The van der Waals surface area contributed by atoms with Crippen molar-refractivity contribution in [1.29, 1.82) is 0 Å².